The zero-order valence-corrected chi connectivity index (χ0v) is 16.2. The summed E-state index contributed by atoms with van der Waals surface area (Å²) in [6.07, 6.45) is 3.01. The summed E-state index contributed by atoms with van der Waals surface area (Å²) in [5.41, 5.74) is 2.72. The zero-order chi connectivity index (χ0) is 18.3. The molecular formula is C20H21ClN2O2S. The fourth-order valence-electron chi connectivity index (χ4n) is 4.21. The molecule has 2 atom stereocenters. The third-order valence-electron chi connectivity index (χ3n) is 5.38. The van der Waals surface area contributed by atoms with Crippen molar-refractivity contribution in [2.45, 2.75) is 18.9 Å². The first-order valence-electron chi connectivity index (χ1n) is 8.83. The molecule has 1 aromatic carbocycles. The SMILES string of the molecule is CSCC(=O)N1C[C@@H]2C[C@H](C1)c1ccc(-c3ccc(Cl)cc3)c(=O)n1C2. The van der Waals surface area contributed by atoms with Gasteiger partial charge in [0.15, 0.2) is 0 Å². The Morgan fingerprint density at radius 3 is 2.65 bits per heavy atom. The van der Waals surface area contributed by atoms with Crippen molar-refractivity contribution in [2.24, 2.45) is 5.92 Å². The van der Waals surface area contributed by atoms with E-state index in [1.807, 2.05) is 46.1 Å². The number of nitrogens with zero attached hydrogens (tertiary/aromatic N) is 2. The number of carbonyl (C=O) groups excluding carboxylic acids is 1. The van der Waals surface area contributed by atoms with Crippen LogP contribution in [-0.4, -0.2) is 40.5 Å². The number of benzene rings is 1. The summed E-state index contributed by atoms with van der Waals surface area (Å²) in [7, 11) is 0. The standard InChI is InChI=1S/C20H21ClN2O2S/c1-26-12-19(24)22-9-13-8-15(11-22)18-7-6-17(20(25)23(18)10-13)14-2-4-16(21)5-3-14/h2-7,13,15H,8-12H2,1H3/t13-,15+/m0/s1. The summed E-state index contributed by atoms with van der Waals surface area (Å²) >= 11 is 7.53. The fraction of sp³-hybridized carbons (Fsp3) is 0.400. The number of pyridine rings is 1. The predicted molar refractivity (Wildman–Crippen MR) is 107 cm³/mol. The maximum atomic E-state index is 13.1. The number of hydrogen-bond donors (Lipinski definition) is 0. The zero-order valence-electron chi connectivity index (χ0n) is 14.7. The van der Waals surface area contributed by atoms with Crippen molar-refractivity contribution in [2.75, 3.05) is 25.1 Å². The topological polar surface area (TPSA) is 42.3 Å². The Balaban J connectivity index is 1.67. The maximum absolute atomic E-state index is 13.1. The second kappa shape index (κ2) is 7.12. The molecule has 4 nitrogen and oxygen atoms in total. The Bertz CT molecular complexity index is 894. The molecule has 2 aromatic rings. The minimum atomic E-state index is 0.0587. The molecular weight excluding hydrogens is 368 g/mol. The van der Waals surface area contributed by atoms with Gasteiger partial charge in [-0.1, -0.05) is 23.7 Å². The van der Waals surface area contributed by atoms with E-state index in [9.17, 15) is 9.59 Å². The minimum Gasteiger partial charge on any atom is -0.341 e. The number of aromatic nitrogens is 1. The number of thioether (sulfide) groups is 1. The van der Waals surface area contributed by atoms with Crippen LogP contribution in [0, 0.1) is 5.92 Å². The number of piperidine rings is 1. The lowest BCUT2D eigenvalue weighted by Gasteiger charge is -2.43. The minimum absolute atomic E-state index is 0.0587. The molecule has 1 aromatic heterocycles. The first kappa shape index (κ1) is 17.7. The molecule has 0 saturated carbocycles. The van der Waals surface area contributed by atoms with Crippen molar-refractivity contribution in [3.05, 3.63) is 57.5 Å². The van der Waals surface area contributed by atoms with Crippen LogP contribution in [0.5, 0.6) is 0 Å². The lowest BCUT2D eigenvalue weighted by Crippen LogP contribution is -2.49. The number of hydrogen-bond acceptors (Lipinski definition) is 3. The molecule has 0 unspecified atom stereocenters. The first-order chi connectivity index (χ1) is 12.6. The van der Waals surface area contributed by atoms with Gasteiger partial charge in [0.1, 0.15) is 0 Å². The van der Waals surface area contributed by atoms with Gasteiger partial charge >= 0.3 is 0 Å². The van der Waals surface area contributed by atoms with E-state index in [2.05, 4.69) is 6.07 Å². The Morgan fingerprint density at radius 1 is 1.15 bits per heavy atom. The van der Waals surface area contributed by atoms with Crippen molar-refractivity contribution in [3.63, 3.8) is 0 Å². The van der Waals surface area contributed by atoms with Crippen molar-refractivity contribution in [1.82, 2.24) is 9.47 Å². The molecule has 0 N–H and O–H groups in total. The van der Waals surface area contributed by atoms with Gasteiger partial charge < -0.3 is 9.47 Å². The van der Waals surface area contributed by atoms with E-state index in [4.69, 9.17) is 11.6 Å². The van der Waals surface area contributed by atoms with E-state index in [-0.39, 0.29) is 17.4 Å². The highest BCUT2D eigenvalue weighted by molar-refractivity contribution is 7.99. The third kappa shape index (κ3) is 3.19. The van der Waals surface area contributed by atoms with Crippen LogP contribution >= 0.6 is 23.4 Å². The molecule has 2 aliphatic heterocycles. The third-order valence-corrected chi connectivity index (χ3v) is 6.17. The van der Waals surface area contributed by atoms with Crippen LogP contribution in [0.4, 0.5) is 0 Å². The van der Waals surface area contributed by atoms with E-state index < -0.39 is 0 Å². The van der Waals surface area contributed by atoms with Gasteiger partial charge in [-0.25, -0.2) is 0 Å². The van der Waals surface area contributed by atoms with Crippen LogP contribution in [0.25, 0.3) is 11.1 Å². The summed E-state index contributed by atoms with van der Waals surface area (Å²) in [6.45, 7) is 2.16. The van der Waals surface area contributed by atoms with Crippen molar-refractivity contribution < 1.29 is 4.79 Å². The summed E-state index contributed by atoms with van der Waals surface area (Å²) in [6, 6.07) is 11.4. The van der Waals surface area contributed by atoms with E-state index >= 15 is 0 Å². The molecule has 6 heteroatoms. The number of carbonyl (C=O) groups is 1. The molecule has 2 bridgehead atoms. The maximum Gasteiger partial charge on any atom is 0.258 e. The van der Waals surface area contributed by atoms with Gasteiger partial charge in [0.2, 0.25) is 5.91 Å². The Morgan fingerprint density at radius 2 is 1.92 bits per heavy atom. The molecule has 1 saturated heterocycles. The van der Waals surface area contributed by atoms with Gasteiger partial charge in [-0.2, -0.15) is 11.8 Å². The lowest BCUT2D eigenvalue weighted by molar-refractivity contribution is -0.131. The highest BCUT2D eigenvalue weighted by Crippen LogP contribution is 2.36. The Labute approximate surface area is 162 Å². The molecule has 0 radical (unpaired) electrons. The Kier molecular flexibility index (Phi) is 4.84. The van der Waals surface area contributed by atoms with Crippen LogP contribution < -0.4 is 5.56 Å². The molecule has 0 aliphatic carbocycles. The molecule has 0 spiro atoms. The van der Waals surface area contributed by atoms with Gasteiger partial charge in [0, 0.05) is 41.8 Å². The molecule has 2 aliphatic rings. The molecule has 1 fully saturated rings. The largest absolute Gasteiger partial charge is 0.341 e. The van der Waals surface area contributed by atoms with E-state index in [1.54, 1.807) is 11.8 Å². The van der Waals surface area contributed by atoms with Gasteiger partial charge in [0.25, 0.3) is 5.56 Å². The molecule has 26 heavy (non-hydrogen) atoms. The van der Waals surface area contributed by atoms with E-state index in [1.165, 1.54) is 0 Å². The quantitative estimate of drug-likeness (QED) is 0.808. The number of likely N-dealkylation sites (tertiary alicyclic amines) is 1. The molecule has 4 rings (SSSR count). The van der Waals surface area contributed by atoms with Crippen molar-refractivity contribution in [1.29, 1.82) is 0 Å². The van der Waals surface area contributed by atoms with Crippen molar-refractivity contribution >= 4 is 29.3 Å². The highest BCUT2D eigenvalue weighted by atomic mass is 35.5. The number of amides is 1. The first-order valence-corrected chi connectivity index (χ1v) is 10.6. The summed E-state index contributed by atoms with van der Waals surface area (Å²) in [5, 5.41) is 0.663. The summed E-state index contributed by atoms with van der Waals surface area (Å²) in [4.78, 5) is 27.4. The van der Waals surface area contributed by atoms with Crippen LogP contribution in [0.2, 0.25) is 5.02 Å². The number of rotatable bonds is 3. The van der Waals surface area contributed by atoms with Crippen LogP contribution in [0.15, 0.2) is 41.2 Å². The fourth-order valence-corrected chi connectivity index (χ4v) is 4.77. The van der Waals surface area contributed by atoms with E-state index in [0.717, 1.165) is 30.8 Å². The van der Waals surface area contributed by atoms with Gasteiger partial charge in [-0.3, -0.25) is 9.59 Å². The molecule has 1 amide bonds. The normalized spacial score (nSPS) is 21.4. The van der Waals surface area contributed by atoms with Gasteiger partial charge in [0.05, 0.1) is 5.75 Å². The predicted octanol–water partition coefficient (Wildman–Crippen LogP) is 3.48. The smallest absolute Gasteiger partial charge is 0.258 e. The molecule has 3 heterocycles. The van der Waals surface area contributed by atoms with Crippen LogP contribution in [-0.2, 0) is 11.3 Å². The highest BCUT2D eigenvalue weighted by Gasteiger charge is 2.36. The number of fused-ring (bicyclic) bond motifs is 4. The molecule has 136 valence electrons. The summed E-state index contributed by atoms with van der Waals surface area (Å²) < 4.78 is 1.93. The average Bonchev–Trinajstić information content (AvgIpc) is 2.63. The van der Waals surface area contributed by atoms with Crippen LogP contribution in [0.1, 0.15) is 18.0 Å². The second-order valence-electron chi connectivity index (χ2n) is 7.12. The monoisotopic (exact) mass is 388 g/mol. The second-order valence-corrected chi connectivity index (χ2v) is 8.43. The number of halogens is 1. The van der Waals surface area contributed by atoms with Gasteiger partial charge in [-0.15, -0.1) is 0 Å². The lowest BCUT2D eigenvalue weighted by atomic mass is 9.82. The summed E-state index contributed by atoms with van der Waals surface area (Å²) in [5.74, 6) is 1.34. The average molecular weight is 389 g/mol. The van der Waals surface area contributed by atoms with Crippen molar-refractivity contribution in [3.8, 4) is 11.1 Å². The van der Waals surface area contributed by atoms with E-state index in [0.29, 0.717) is 28.8 Å². The van der Waals surface area contributed by atoms with Crippen LogP contribution in [0.3, 0.4) is 0 Å². The van der Waals surface area contributed by atoms with Gasteiger partial charge in [-0.05, 0) is 48.4 Å². The Hall–Kier alpha value is -1.72.